The second kappa shape index (κ2) is 2.06. The molecule has 0 aliphatic carbocycles. The third-order valence-corrected chi connectivity index (χ3v) is 1.27. The number of aliphatic imine (C=N–C) groups is 2. The first-order chi connectivity index (χ1) is 4.97. The van der Waals surface area contributed by atoms with Gasteiger partial charge in [0.15, 0.2) is 5.82 Å². The zero-order valence-electron chi connectivity index (χ0n) is 5.28. The Hall–Kier alpha value is -1.45. The van der Waals surface area contributed by atoms with Gasteiger partial charge in [0.1, 0.15) is 5.69 Å². The Morgan fingerprint density at radius 3 is 3.50 bits per heavy atom. The van der Waals surface area contributed by atoms with Crippen molar-refractivity contribution >= 4 is 18.2 Å². The summed E-state index contributed by atoms with van der Waals surface area (Å²) in [6.07, 6.45) is 5.10. The number of rotatable bonds is 0. The molecule has 4 nitrogen and oxygen atoms in total. The van der Waals surface area contributed by atoms with Crippen molar-refractivity contribution in [3.05, 3.63) is 12.0 Å². The highest BCUT2D eigenvalue weighted by atomic mass is 15.0. The quantitative estimate of drug-likeness (QED) is 0.553. The Labute approximate surface area is 57.7 Å². The van der Waals surface area contributed by atoms with Crippen LogP contribution in [0.15, 0.2) is 16.3 Å². The van der Waals surface area contributed by atoms with Crippen LogP contribution < -0.4 is 0 Å². The van der Waals surface area contributed by atoms with Crippen LogP contribution in [-0.4, -0.2) is 28.9 Å². The van der Waals surface area contributed by atoms with Gasteiger partial charge in [-0.25, -0.2) is 9.98 Å². The van der Waals surface area contributed by atoms with Crippen LogP contribution in [0.4, 0.5) is 5.82 Å². The van der Waals surface area contributed by atoms with Crippen molar-refractivity contribution in [1.29, 1.82) is 0 Å². The number of fused-ring (bicyclic) bond motifs is 1. The highest BCUT2D eigenvalue weighted by Gasteiger charge is 2.00. The van der Waals surface area contributed by atoms with E-state index in [1.165, 1.54) is 0 Å². The first-order valence-corrected chi connectivity index (χ1v) is 3.02. The monoisotopic (exact) mass is 134 g/mol. The SMILES string of the molecule is C1=NCC=Nc2nc[nH]c21. The van der Waals surface area contributed by atoms with Gasteiger partial charge >= 0.3 is 0 Å². The second-order valence-corrected chi connectivity index (χ2v) is 1.95. The van der Waals surface area contributed by atoms with Gasteiger partial charge in [-0.15, -0.1) is 0 Å². The minimum atomic E-state index is 0.643. The lowest BCUT2D eigenvalue weighted by Gasteiger charge is -1.82. The summed E-state index contributed by atoms with van der Waals surface area (Å²) in [7, 11) is 0. The van der Waals surface area contributed by atoms with Crippen LogP contribution in [0.2, 0.25) is 0 Å². The normalized spacial score (nSPS) is 14.8. The first-order valence-electron chi connectivity index (χ1n) is 3.02. The highest BCUT2D eigenvalue weighted by molar-refractivity contribution is 5.86. The van der Waals surface area contributed by atoms with Crippen LogP contribution in [0.3, 0.4) is 0 Å². The number of hydrogen-bond acceptors (Lipinski definition) is 3. The summed E-state index contributed by atoms with van der Waals surface area (Å²) >= 11 is 0. The summed E-state index contributed by atoms with van der Waals surface area (Å²) in [5.74, 6) is 0.723. The third kappa shape index (κ3) is 0.737. The molecule has 0 amide bonds. The minimum Gasteiger partial charge on any atom is -0.342 e. The molecule has 0 unspecified atom stereocenters. The molecule has 1 aliphatic heterocycles. The van der Waals surface area contributed by atoms with Crippen LogP contribution in [0.1, 0.15) is 5.69 Å². The van der Waals surface area contributed by atoms with Crippen molar-refractivity contribution in [3.63, 3.8) is 0 Å². The predicted octanol–water partition coefficient (Wildman–Crippen LogP) is 0.544. The van der Waals surface area contributed by atoms with Crippen molar-refractivity contribution in [2.45, 2.75) is 0 Å². The molecule has 1 aliphatic rings. The number of nitrogens with zero attached hydrogens (tertiary/aromatic N) is 3. The number of hydrogen-bond donors (Lipinski definition) is 1. The maximum atomic E-state index is 4.05. The van der Waals surface area contributed by atoms with Gasteiger partial charge in [-0.3, -0.25) is 4.99 Å². The van der Waals surface area contributed by atoms with E-state index in [2.05, 4.69) is 20.0 Å². The van der Waals surface area contributed by atoms with E-state index in [4.69, 9.17) is 0 Å². The van der Waals surface area contributed by atoms with Gasteiger partial charge in [-0.1, -0.05) is 0 Å². The number of H-pyrrole nitrogens is 1. The summed E-state index contributed by atoms with van der Waals surface area (Å²) in [6, 6.07) is 0. The molecule has 2 heterocycles. The molecule has 0 spiro atoms. The van der Waals surface area contributed by atoms with Gasteiger partial charge in [0, 0.05) is 12.4 Å². The third-order valence-electron chi connectivity index (χ3n) is 1.27. The topological polar surface area (TPSA) is 53.4 Å². The highest BCUT2D eigenvalue weighted by Crippen LogP contribution is 2.11. The molecule has 4 heteroatoms. The predicted molar refractivity (Wildman–Crippen MR) is 39.2 cm³/mol. The van der Waals surface area contributed by atoms with Crippen molar-refractivity contribution in [2.24, 2.45) is 9.98 Å². The molecule has 0 aromatic carbocycles. The van der Waals surface area contributed by atoms with E-state index in [-0.39, 0.29) is 0 Å². The Kier molecular flexibility index (Phi) is 1.10. The Morgan fingerprint density at radius 2 is 2.50 bits per heavy atom. The molecule has 0 radical (unpaired) electrons. The summed E-state index contributed by atoms with van der Waals surface area (Å²) < 4.78 is 0. The number of aromatic amines is 1. The van der Waals surface area contributed by atoms with Crippen LogP contribution in [0, 0.1) is 0 Å². The lowest BCUT2D eigenvalue weighted by molar-refractivity contribution is 1.27. The smallest absolute Gasteiger partial charge is 0.178 e. The second-order valence-electron chi connectivity index (χ2n) is 1.95. The van der Waals surface area contributed by atoms with Gasteiger partial charge in [0.25, 0.3) is 0 Å². The summed E-state index contributed by atoms with van der Waals surface area (Å²) in [4.78, 5) is 15.0. The van der Waals surface area contributed by atoms with E-state index in [0.29, 0.717) is 6.54 Å². The molecule has 2 rings (SSSR count). The van der Waals surface area contributed by atoms with Gasteiger partial charge in [-0.2, -0.15) is 0 Å². The first kappa shape index (κ1) is 5.34. The maximum Gasteiger partial charge on any atom is 0.178 e. The molecular weight excluding hydrogens is 128 g/mol. The molecule has 50 valence electrons. The van der Waals surface area contributed by atoms with E-state index >= 15 is 0 Å². The molecule has 1 aromatic rings. The van der Waals surface area contributed by atoms with E-state index in [1.54, 1.807) is 18.8 Å². The largest absolute Gasteiger partial charge is 0.342 e. The molecule has 0 fully saturated rings. The van der Waals surface area contributed by atoms with Crippen molar-refractivity contribution < 1.29 is 0 Å². The zero-order valence-corrected chi connectivity index (χ0v) is 5.28. The van der Waals surface area contributed by atoms with Crippen molar-refractivity contribution in [2.75, 3.05) is 6.54 Å². The molecule has 10 heavy (non-hydrogen) atoms. The maximum absolute atomic E-state index is 4.05. The average molecular weight is 134 g/mol. The fraction of sp³-hybridized carbons (Fsp3) is 0.167. The fourth-order valence-corrected chi connectivity index (χ4v) is 0.813. The fourth-order valence-electron chi connectivity index (χ4n) is 0.813. The van der Waals surface area contributed by atoms with Gasteiger partial charge < -0.3 is 4.98 Å². The van der Waals surface area contributed by atoms with Gasteiger partial charge in [0.05, 0.1) is 12.9 Å². The average Bonchev–Trinajstić information content (AvgIpc) is 2.28. The lowest BCUT2D eigenvalue weighted by atomic mass is 10.5. The standard InChI is InChI=1S/C6H6N4/c1-2-8-6-5(3-7-1)9-4-10-6/h2-4H,1H2,(H,9,10). The van der Waals surface area contributed by atoms with E-state index in [1.807, 2.05) is 0 Å². The Balaban J connectivity index is 2.56. The van der Waals surface area contributed by atoms with Crippen LogP contribution in [-0.2, 0) is 0 Å². The van der Waals surface area contributed by atoms with E-state index in [9.17, 15) is 0 Å². The minimum absolute atomic E-state index is 0.643. The number of nitrogens with one attached hydrogen (secondary N) is 1. The molecule has 0 saturated carbocycles. The molecule has 1 N–H and O–H groups in total. The number of aromatic nitrogens is 2. The molecule has 0 atom stereocenters. The van der Waals surface area contributed by atoms with Gasteiger partial charge in [-0.05, 0) is 0 Å². The van der Waals surface area contributed by atoms with Crippen LogP contribution in [0.5, 0.6) is 0 Å². The Morgan fingerprint density at radius 1 is 1.50 bits per heavy atom. The molecule has 0 bridgehead atoms. The summed E-state index contributed by atoms with van der Waals surface area (Å²) in [5.41, 5.74) is 0.883. The molecule has 1 aromatic heterocycles. The van der Waals surface area contributed by atoms with E-state index < -0.39 is 0 Å². The van der Waals surface area contributed by atoms with Crippen molar-refractivity contribution in [3.8, 4) is 0 Å². The zero-order chi connectivity index (χ0) is 6.81. The van der Waals surface area contributed by atoms with Gasteiger partial charge in [0.2, 0.25) is 0 Å². The van der Waals surface area contributed by atoms with Crippen LogP contribution in [0.25, 0.3) is 0 Å². The number of imidazole rings is 1. The summed E-state index contributed by atoms with van der Waals surface area (Å²) in [6.45, 7) is 0.643. The summed E-state index contributed by atoms with van der Waals surface area (Å²) in [5, 5.41) is 0. The van der Waals surface area contributed by atoms with Crippen LogP contribution >= 0.6 is 0 Å². The molecular formula is C6H6N4. The lowest BCUT2D eigenvalue weighted by Crippen LogP contribution is -1.79. The molecule has 0 saturated heterocycles. The van der Waals surface area contributed by atoms with E-state index in [0.717, 1.165) is 11.5 Å². The van der Waals surface area contributed by atoms with Crippen molar-refractivity contribution in [1.82, 2.24) is 9.97 Å². The Bertz CT molecular complexity index is 257.